The summed E-state index contributed by atoms with van der Waals surface area (Å²) < 4.78 is 5.38. The number of benzene rings is 1. The Bertz CT molecular complexity index is 630. The van der Waals surface area contributed by atoms with E-state index in [0.29, 0.717) is 37.8 Å². The lowest BCUT2D eigenvalue weighted by molar-refractivity contribution is -0.139. The predicted octanol–water partition coefficient (Wildman–Crippen LogP) is 2.00. The quantitative estimate of drug-likeness (QED) is 0.821. The van der Waals surface area contributed by atoms with Crippen LogP contribution in [0.1, 0.15) is 31.1 Å². The minimum atomic E-state index is -0.462. The topological polar surface area (TPSA) is 62.3 Å². The van der Waals surface area contributed by atoms with E-state index in [9.17, 15) is 9.59 Å². The Balaban J connectivity index is 1.39. The Kier molecular flexibility index (Phi) is 5.48. The van der Waals surface area contributed by atoms with E-state index in [0.717, 1.165) is 13.1 Å². The molecule has 0 N–H and O–H groups in total. The summed E-state index contributed by atoms with van der Waals surface area (Å²) in [6.07, 6.45) is -0.246. The van der Waals surface area contributed by atoms with Crippen molar-refractivity contribution in [1.82, 2.24) is 14.9 Å². The van der Waals surface area contributed by atoms with E-state index in [1.54, 1.807) is 22.1 Å². The predicted molar refractivity (Wildman–Crippen MR) is 96.6 cm³/mol. The Morgan fingerprint density at radius 1 is 1.00 bits per heavy atom. The van der Waals surface area contributed by atoms with Gasteiger partial charge >= 0.3 is 12.1 Å². The standard InChI is InChI=1S/C19H27N3O4/c1-19(2,3)25-18(24)21-13-16(14-21)20-9-11-22(12-10-20)26-17(23)15-7-5-4-6-8-15/h4-8,16H,9-14H2,1-3H3. The molecule has 3 rings (SSSR count). The Morgan fingerprint density at radius 2 is 1.62 bits per heavy atom. The second-order valence-corrected chi connectivity index (χ2v) is 7.75. The molecule has 26 heavy (non-hydrogen) atoms. The first-order valence-corrected chi connectivity index (χ1v) is 9.06. The molecule has 1 aromatic carbocycles. The third kappa shape index (κ3) is 4.74. The molecule has 7 heteroatoms. The van der Waals surface area contributed by atoms with Crippen LogP contribution in [-0.4, -0.2) is 77.8 Å². The van der Waals surface area contributed by atoms with Gasteiger partial charge in [-0.05, 0) is 32.9 Å². The fourth-order valence-electron chi connectivity index (χ4n) is 3.07. The summed E-state index contributed by atoms with van der Waals surface area (Å²) in [7, 11) is 0. The first-order valence-electron chi connectivity index (χ1n) is 9.06. The van der Waals surface area contributed by atoms with Crippen LogP contribution in [0, 0.1) is 0 Å². The molecule has 1 aromatic rings. The molecule has 2 aliphatic rings. The molecule has 0 bridgehead atoms. The first-order chi connectivity index (χ1) is 12.3. The van der Waals surface area contributed by atoms with Gasteiger partial charge in [0.15, 0.2) is 0 Å². The summed E-state index contributed by atoms with van der Waals surface area (Å²) in [5.41, 5.74) is 0.0955. The summed E-state index contributed by atoms with van der Waals surface area (Å²) in [6, 6.07) is 9.36. The molecule has 0 aliphatic carbocycles. The van der Waals surface area contributed by atoms with E-state index >= 15 is 0 Å². The lowest BCUT2D eigenvalue weighted by atomic mass is 10.1. The van der Waals surface area contributed by atoms with Crippen molar-refractivity contribution in [3.8, 4) is 0 Å². The van der Waals surface area contributed by atoms with Crippen LogP contribution in [0.4, 0.5) is 4.79 Å². The van der Waals surface area contributed by atoms with E-state index in [1.807, 2.05) is 39.0 Å². The molecule has 0 spiro atoms. The van der Waals surface area contributed by atoms with Crippen molar-refractivity contribution in [1.29, 1.82) is 0 Å². The maximum Gasteiger partial charge on any atom is 0.410 e. The number of hydroxylamine groups is 2. The van der Waals surface area contributed by atoms with Gasteiger partial charge in [0.1, 0.15) is 5.60 Å². The fraction of sp³-hybridized carbons (Fsp3) is 0.579. The summed E-state index contributed by atoms with van der Waals surface area (Å²) in [4.78, 5) is 33.6. The summed E-state index contributed by atoms with van der Waals surface area (Å²) in [5.74, 6) is -0.321. The molecule has 2 aliphatic heterocycles. The number of rotatable bonds is 3. The van der Waals surface area contributed by atoms with Crippen molar-refractivity contribution in [3.05, 3.63) is 35.9 Å². The molecule has 0 aromatic heterocycles. The van der Waals surface area contributed by atoms with Gasteiger partial charge in [-0.3, -0.25) is 4.90 Å². The second kappa shape index (κ2) is 7.63. The number of hydrogen-bond acceptors (Lipinski definition) is 6. The van der Waals surface area contributed by atoms with Gasteiger partial charge in [-0.1, -0.05) is 18.2 Å². The van der Waals surface area contributed by atoms with Gasteiger partial charge in [0.25, 0.3) is 0 Å². The normalized spacial score (nSPS) is 19.7. The fourth-order valence-corrected chi connectivity index (χ4v) is 3.07. The summed E-state index contributed by atoms with van der Waals surface area (Å²) in [6.45, 7) is 9.97. The van der Waals surface area contributed by atoms with Crippen LogP contribution in [0.3, 0.4) is 0 Å². The number of hydrogen-bond donors (Lipinski definition) is 0. The zero-order valence-corrected chi connectivity index (χ0v) is 15.7. The zero-order chi connectivity index (χ0) is 18.7. The molecule has 0 radical (unpaired) electrons. The van der Waals surface area contributed by atoms with E-state index < -0.39 is 5.60 Å². The Labute approximate surface area is 154 Å². The second-order valence-electron chi connectivity index (χ2n) is 7.75. The van der Waals surface area contributed by atoms with Crippen LogP contribution in [0.25, 0.3) is 0 Å². The highest BCUT2D eigenvalue weighted by molar-refractivity contribution is 5.89. The average Bonchev–Trinajstić information content (AvgIpc) is 2.54. The molecular formula is C19H27N3O4. The van der Waals surface area contributed by atoms with Crippen LogP contribution in [-0.2, 0) is 9.57 Å². The van der Waals surface area contributed by atoms with Gasteiger partial charge in [0, 0.05) is 45.3 Å². The molecule has 2 heterocycles. The maximum absolute atomic E-state index is 12.1. The van der Waals surface area contributed by atoms with Crippen LogP contribution in [0.15, 0.2) is 30.3 Å². The highest BCUT2D eigenvalue weighted by atomic mass is 16.7. The minimum Gasteiger partial charge on any atom is -0.444 e. The van der Waals surface area contributed by atoms with E-state index in [1.165, 1.54) is 0 Å². The van der Waals surface area contributed by atoms with Gasteiger partial charge in [0.2, 0.25) is 0 Å². The van der Waals surface area contributed by atoms with Crippen molar-refractivity contribution < 1.29 is 19.2 Å². The van der Waals surface area contributed by atoms with Crippen molar-refractivity contribution in [2.75, 3.05) is 39.3 Å². The third-order valence-electron chi connectivity index (χ3n) is 4.53. The maximum atomic E-state index is 12.1. The Morgan fingerprint density at radius 3 is 2.19 bits per heavy atom. The molecule has 0 atom stereocenters. The molecule has 142 valence electrons. The number of piperazine rings is 1. The van der Waals surface area contributed by atoms with Crippen LogP contribution >= 0.6 is 0 Å². The number of amides is 1. The van der Waals surface area contributed by atoms with Gasteiger partial charge in [-0.2, -0.15) is 0 Å². The molecule has 1 amide bonds. The smallest absolute Gasteiger partial charge is 0.410 e. The summed E-state index contributed by atoms with van der Waals surface area (Å²) >= 11 is 0. The zero-order valence-electron chi connectivity index (χ0n) is 15.7. The van der Waals surface area contributed by atoms with Gasteiger partial charge in [-0.15, -0.1) is 5.06 Å². The number of likely N-dealkylation sites (tertiary alicyclic amines) is 1. The largest absolute Gasteiger partial charge is 0.444 e. The third-order valence-corrected chi connectivity index (χ3v) is 4.53. The van der Waals surface area contributed by atoms with Crippen LogP contribution in [0.2, 0.25) is 0 Å². The number of carbonyl (C=O) groups is 2. The highest BCUT2D eigenvalue weighted by Crippen LogP contribution is 2.20. The Hall–Kier alpha value is -2.12. The van der Waals surface area contributed by atoms with Crippen molar-refractivity contribution in [2.24, 2.45) is 0 Å². The molecule has 7 nitrogen and oxygen atoms in total. The van der Waals surface area contributed by atoms with Crippen LogP contribution in [0.5, 0.6) is 0 Å². The van der Waals surface area contributed by atoms with Crippen molar-refractivity contribution in [3.63, 3.8) is 0 Å². The molecule has 0 unspecified atom stereocenters. The van der Waals surface area contributed by atoms with Crippen molar-refractivity contribution in [2.45, 2.75) is 32.4 Å². The molecular weight excluding hydrogens is 334 g/mol. The molecule has 2 saturated heterocycles. The van der Waals surface area contributed by atoms with E-state index in [-0.39, 0.29) is 12.1 Å². The highest BCUT2D eigenvalue weighted by Gasteiger charge is 2.38. The number of nitrogens with zero attached hydrogens (tertiary/aromatic N) is 3. The SMILES string of the molecule is CC(C)(C)OC(=O)N1CC(N2CCN(OC(=O)c3ccccc3)CC2)C1. The van der Waals surface area contributed by atoms with Gasteiger partial charge in [-0.25, -0.2) is 9.59 Å². The number of carbonyl (C=O) groups excluding carboxylic acids is 2. The lowest BCUT2D eigenvalue weighted by Gasteiger charge is -2.47. The summed E-state index contributed by atoms with van der Waals surface area (Å²) in [5, 5.41) is 1.72. The van der Waals surface area contributed by atoms with Gasteiger partial charge in [0.05, 0.1) is 5.56 Å². The first kappa shape index (κ1) is 18.7. The van der Waals surface area contributed by atoms with Crippen molar-refractivity contribution >= 4 is 12.1 Å². The average molecular weight is 361 g/mol. The van der Waals surface area contributed by atoms with Crippen LogP contribution < -0.4 is 0 Å². The van der Waals surface area contributed by atoms with E-state index in [4.69, 9.17) is 9.57 Å². The lowest BCUT2D eigenvalue weighted by Crippen LogP contribution is -2.64. The van der Waals surface area contributed by atoms with E-state index in [2.05, 4.69) is 4.90 Å². The minimum absolute atomic E-state index is 0.246. The molecule has 2 fully saturated rings. The monoisotopic (exact) mass is 361 g/mol. The van der Waals surface area contributed by atoms with Gasteiger partial charge < -0.3 is 14.5 Å². The molecule has 0 saturated carbocycles. The number of ether oxygens (including phenoxy) is 1.